The number of hydrogen-bond acceptors (Lipinski definition) is 6. The molecule has 6 rings (SSSR count). The molecule has 0 radical (unpaired) electrons. The van der Waals surface area contributed by atoms with Crippen LogP contribution in [0.5, 0.6) is 0 Å². The number of carbonyl (C=O) groups is 1. The van der Waals surface area contributed by atoms with Crippen molar-refractivity contribution in [3.63, 3.8) is 0 Å². The molecular weight excluding hydrogens is 432 g/mol. The summed E-state index contributed by atoms with van der Waals surface area (Å²) in [7, 11) is 0. The first-order chi connectivity index (χ1) is 16.7. The molecule has 3 heterocycles. The van der Waals surface area contributed by atoms with Crippen LogP contribution in [0.1, 0.15) is 23.6 Å². The number of nitrogens with zero attached hydrogens (tertiary/aromatic N) is 5. The fourth-order valence-electron chi connectivity index (χ4n) is 4.43. The Morgan fingerprint density at radius 2 is 1.88 bits per heavy atom. The second kappa shape index (κ2) is 8.11. The predicted octanol–water partition coefficient (Wildman–Crippen LogP) is 3.02. The van der Waals surface area contributed by atoms with Crippen molar-refractivity contribution in [1.29, 1.82) is 0 Å². The number of benzene rings is 2. The van der Waals surface area contributed by atoms with Crippen LogP contribution in [0.3, 0.4) is 0 Å². The number of pyridine rings is 1. The molecule has 3 aromatic heterocycles. The van der Waals surface area contributed by atoms with Crippen LogP contribution in [0, 0.1) is 0 Å². The number of aromatic nitrogens is 5. The van der Waals surface area contributed by atoms with E-state index in [0.29, 0.717) is 17.0 Å². The smallest absolute Gasteiger partial charge is 0.348 e. The van der Waals surface area contributed by atoms with Crippen LogP contribution in [-0.4, -0.2) is 30.2 Å². The van der Waals surface area contributed by atoms with Crippen LogP contribution < -0.4 is 11.0 Å². The molecule has 1 atom stereocenters. The largest absolute Gasteiger partial charge is 0.350 e. The van der Waals surface area contributed by atoms with Crippen LogP contribution in [0.25, 0.3) is 28.5 Å². The van der Waals surface area contributed by atoms with Gasteiger partial charge in [-0.05, 0) is 36.1 Å². The molecule has 0 spiro atoms. The highest BCUT2D eigenvalue weighted by molar-refractivity contribution is 5.77. The van der Waals surface area contributed by atoms with Crippen molar-refractivity contribution in [2.75, 3.05) is 0 Å². The summed E-state index contributed by atoms with van der Waals surface area (Å²) in [5.41, 5.74) is 3.63. The quantitative estimate of drug-likeness (QED) is 0.439. The molecule has 168 valence electrons. The number of rotatable bonds is 5. The minimum absolute atomic E-state index is 0.0539. The van der Waals surface area contributed by atoms with Crippen LogP contribution in [0.15, 0.2) is 82.2 Å². The Morgan fingerprint density at radius 1 is 1.06 bits per heavy atom. The number of fused-ring (bicyclic) bond motifs is 2. The number of hydrogen-bond donors (Lipinski definition) is 1. The fraction of sp³-hybridized carbons (Fsp3) is 0.160. The summed E-state index contributed by atoms with van der Waals surface area (Å²) in [6, 6.07) is 21.0. The standard InChI is InChI=1S/C25H20N6O3/c32-21(26-20-13-12-16-7-4-5-10-18(16)20)15-31-25(33)30-14-6-11-19(23(30)28-31)24-27-22(29-34-24)17-8-2-1-3-9-17/h1-11,14,20H,12-13,15H2,(H,26,32)/t20-/m1/s1. The summed E-state index contributed by atoms with van der Waals surface area (Å²) in [4.78, 5) is 30.2. The van der Waals surface area contributed by atoms with Gasteiger partial charge in [0, 0.05) is 11.8 Å². The lowest BCUT2D eigenvalue weighted by molar-refractivity contribution is -0.122. The molecule has 1 aliphatic rings. The van der Waals surface area contributed by atoms with Gasteiger partial charge in [0.05, 0.1) is 11.6 Å². The topological polar surface area (TPSA) is 107 Å². The third-order valence-corrected chi connectivity index (χ3v) is 6.06. The zero-order valence-corrected chi connectivity index (χ0v) is 18.1. The van der Waals surface area contributed by atoms with Gasteiger partial charge >= 0.3 is 5.69 Å². The van der Waals surface area contributed by atoms with Crippen molar-refractivity contribution in [2.24, 2.45) is 0 Å². The Hall–Kier alpha value is -4.53. The van der Waals surface area contributed by atoms with E-state index < -0.39 is 5.69 Å². The van der Waals surface area contributed by atoms with E-state index in [1.165, 1.54) is 9.96 Å². The van der Waals surface area contributed by atoms with E-state index in [-0.39, 0.29) is 24.4 Å². The maximum Gasteiger partial charge on any atom is 0.350 e. The Balaban J connectivity index is 1.28. The number of nitrogens with one attached hydrogen (secondary N) is 1. The van der Waals surface area contributed by atoms with Gasteiger partial charge in [0.25, 0.3) is 5.89 Å². The van der Waals surface area contributed by atoms with Crippen molar-refractivity contribution in [1.82, 2.24) is 29.6 Å². The molecule has 0 saturated heterocycles. The lowest BCUT2D eigenvalue weighted by atomic mass is 10.1. The van der Waals surface area contributed by atoms with Gasteiger partial charge in [-0.1, -0.05) is 59.8 Å². The molecule has 9 heteroatoms. The first-order valence-corrected chi connectivity index (χ1v) is 11.0. The molecule has 0 bridgehead atoms. The van der Waals surface area contributed by atoms with Gasteiger partial charge in [0.1, 0.15) is 6.54 Å². The van der Waals surface area contributed by atoms with Gasteiger partial charge in [0.2, 0.25) is 11.7 Å². The molecule has 1 amide bonds. The monoisotopic (exact) mass is 452 g/mol. The third kappa shape index (κ3) is 3.47. The molecular formula is C25H20N6O3. The first kappa shape index (κ1) is 20.1. The Morgan fingerprint density at radius 3 is 2.76 bits per heavy atom. The molecule has 34 heavy (non-hydrogen) atoms. The van der Waals surface area contributed by atoms with Gasteiger partial charge in [0.15, 0.2) is 5.65 Å². The van der Waals surface area contributed by atoms with Crippen LogP contribution >= 0.6 is 0 Å². The molecule has 0 fully saturated rings. The Bertz CT molecular complexity index is 1570. The van der Waals surface area contributed by atoms with Crippen molar-refractivity contribution < 1.29 is 9.32 Å². The van der Waals surface area contributed by atoms with E-state index in [2.05, 4.69) is 26.6 Å². The predicted molar refractivity (Wildman–Crippen MR) is 124 cm³/mol. The highest BCUT2D eigenvalue weighted by atomic mass is 16.5. The summed E-state index contributed by atoms with van der Waals surface area (Å²) in [6.45, 7) is -0.183. The summed E-state index contributed by atoms with van der Waals surface area (Å²) in [6.07, 6.45) is 3.37. The second-order valence-electron chi connectivity index (χ2n) is 8.20. The van der Waals surface area contributed by atoms with Crippen LogP contribution in [-0.2, 0) is 17.8 Å². The van der Waals surface area contributed by atoms with E-state index in [1.54, 1.807) is 18.3 Å². The van der Waals surface area contributed by atoms with Gasteiger partial charge in [-0.25, -0.2) is 13.9 Å². The third-order valence-electron chi connectivity index (χ3n) is 6.06. The highest BCUT2D eigenvalue weighted by Crippen LogP contribution is 2.30. The molecule has 2 aromatic carbocycles. The zero-order valence-electron chi connectivity index (χ0n) is 18.1. The summed E-state index contributed by atoms with van der Waals surface area (Å²) in [5, 5.41) is 11.5. The molecule has 5 aromatic rings. The number of carbonyl (C=O) groups excluding carboxylic acids is 1. The van der Waals surface area contributed by atoms with Crippen molar-refractivity contribution in [3.8, 4) is 22.8 Å². The van der Waals surface area contributed by atoms with Crippen molar-refractivity contribution in [3.05, 3.63) is 94.5 Å². The lowest BCUT2D eigenvalue weighted by Crippen LogP contribution is -2.34. The zero-order chi connectivity index (χ0) is 23.1. The highest BCUT2D eigenvalue weighted by Gasteiger charge is 2.24. The maximum atomic E-state index is 12.9. The molecule has 0 unspecified atom stereocenters. The minimum Gasteiger partial charge on any atom is -0.348 e. The minimum atomic E-state index is -0.415. The Labute approximate surface area is 193 Å². The SMILES string of the molecule is O=C(Cn1nc2c(-c3nc(-c4ccccc4)no3)cccn2c1=O)N[C@@H]1CCc2ccccc21. The van der Waals surface area contributed by atoms with E-state index >= 15 is 0 Å². The van der Waals surface area contributed by atoms with Gasteiger partial charge in [-0.15, -0.1) is 5.10 Å². The van der Waals surface area contributed by atoms with E-state index in [4.69, 9.17) is 4.52 Å². The van der Waals surface area contributed by atoms with Crippen LogP contribution in [0.2, 0.25) is 0 Å². The maximum absolute atomic E-state index is 12.9. The fourth-order valence-corrected chi connectivity index (χ4v) is 4.43. The van der Waals surface area contributed by atoms with Crippen molar-refractivity contribution >= 4 is 11.6 Å². The number of amides is 1. The number of aryl methyl sites for hydroxylation is 1. The van der Waals surface area contributed by atoms with Gasteiger partial charge in [-0.2, -0.15) is 4.98 Å². The normalized spacial score (nSPS) is 14.9. The molecule has 0 saturated carbocycles. The first-order valence-electron chi connectivity index (χ1n) is 11.0. The molecule has 1 N–H and O–H groups in total. The summed E-state index contributed by atoms with van der Waals surface area (Å²) < 4.78 is 7.99. The summed E-state index contributed by atoms with van der Waals surface area (Å²) in [5.74, 6) is 0.419. The average molecular weight is 452 g/mol. The molecule has 0 aliphatic heterocycles. The van der Waals surface area contributed by atoms with Crippen molar-refractivity contribution in [2.45, 2.75) is 25.4 Å². The van der Waals surface area contributed by atoms with Gasteiger partial charge < -0.3 is 9.84 Å². The summed E-state index contributed by atoms with van der Waals surface area (Å²) >= 11 is 0. The Kier molecular flexibility index (Phi) is 4.80. The van der Waals surface area contributed by atoms with E-state index in [9.17, 15) is 9.59 Å². The molecule has 9 nitrogen and oxygen atoms in total. The second-order valence-corrected chi connectivity index (χ2v) is 8.20. The van der Waals surface area contributed by atoms with E-state index in [1.807, 2.05) is 48.5 Å². The van der Waals surface area contributed by atoms with E-state index in [0.717, 1.165) is 28.7 Å². The lowest BCUT2D eigenvalue weighted by Gasteiger charge is -2.13. The molecule has 1 aliphatic carbocycles. The van der Waals surface area contributed by atoms with Gasteiger partial charge in [-0.3, -0.25) is 4.79 Å². The van der Waals surface area contributed by atoms with Crippen LogP contribution in [0.4, 0.5) is 0 Å². The average Bonchev–Trinajstić information content (AvgIpc) is 3.59.